The highest BCUT2D eigenvalue weighted by atomic mass is 16.4. The summed E-state index contributed by atoms with van der Waals surface area (Å²) in [6.45, 7) is 4.44. The monoisotopic (exact) mass is 280 g/mol. The lowest BCUT2D eigenvalue weighted by Gasteiger charge is -2.17. The van der Waals surface area contributed by atoms with Crippen molar-refractivity contribution in [3.8, 4) is 0 Å². The lowest BCUT2D eigenvalue weighted by atomic mass is 10.1. The standard InChI is InChI=1S/C17H16N2O2/c1-11-4-3-5-13(8-11)10-19-15-7-6-12(2)9-14(15)16(18-21)17(19)20/h3-9,21H,10H2,1-2H3/b18-16-. The van der Waals surface area contributed by atoms with Crippen LogP contribution in [0, 0.1) is 13.8 Å². The molecule has 2 aromatic rings. The Morgan fingerprint density at radius 1 is 1.10 bits per heavy atom. The molecule has 0 saturated heterocycles. The molecule has 1 aliphatic rings. The van der Waals surface area contributed by atoms with E-state index in [9.17, 15) is 4.79 Å². The van der Waals surface area contributed by atoms with E-state index in [0.29, 0.717) is 12.1 Å². The summed E-state index contributed by atoms with van der Waals surface area (Å²) in [7, 11) is 0. The number of nitrogens with zero attached hydrogens (tertiary/aromatic N) is 2. The van der Waals surface area contributed by atoms with Crippen LogP contribution >= 0.6 is 0 Å². The van der Waals surface area contributed by atoms with Crippen LogP contribution in [0.1, 0.15) is 22.3 Å². The van der Waals surface area contributed by atoms with Crippen molar-refractivity contribution in [3.05, 3.63) is 64.7 Å². The van der Waals surface area contributed by atoms with Gasteiger partial charge in [0.2, 0.25) is 0 Å². The van der Waals surface area contributed by atoms with Crippen LogP contribution in [-0.2, 0) is 11.3 Å². The zero-order chi connectivity index (χ0) is 15.0. The minimum absolute atomic E-state index is 0.112. The van der Waals surface area contributed by atoms with E-state index < -0.39 is 0 Å². The summed E-state index contributed by atoms with van der Waals surface area (Å²) >= 11 is 0. The second-order valence-electron chi connectivity index (χ2n) is 5.35. The van der Waals surface area contributed by atoms with Crippen LogP contribution in [0.3, 0.4) is 0 Å². The first-order chi connectivity index (χ1) is 10.1. The van der Waals surface area contributed by atoms with Crippen molar-refractivity contribution in [2.24, 2.45) is 5.16 Å². The van der Waals surface area contributed by atoms with Gasteiger partial charge in [0.05, 0.1) is 12.2 Å². The van der Waals surface area contributed by atoms with Gasteiger partial charge in [0.25, 0.3) is 5.91 Å². The highest BCUT2D eigenvalue weighted by Gasteiger charge is 2.34. The van der Waals surface area contributed by atoms with E-state index in [1.807, 2.05) is 50.2 Å². The van der Waals surface area contributed by atoms with E-state index in [2.05, 4.69) is 11.2 Å². The molecule has 3 rings (SSSR count). The van der Waals surface area contributed by atoms with Crippen molar-refractivity contribution in [1.29, 1.82) is 0 Å². The molecule has 2 aromatic carbocycles. The van der Waals surface area contributed by atoms with E-state index in [1.165, 1.54) is 0 Å². The number of oxime groups is 1. The quantitative estimate of drug-likeness (QED) is 0.679. The average molecular weight is 280 g/mol. The highest BCUT2D eigenvalue weighted by molar-refractivity contribution is 6.54. The third-order valence-electron chi connectivity index (χ3n) is 3.67. The van der Waals surface area contributed by atoms with E-state index in [0.717, 1.165) is 22.4 Å². The summed E-state index contributed by atoms with van der Waals surface area (Å²) in [5, 5.41) is 12.3. The smallest absolute Gasteiger partial charge is 0.281 e. The van der Waals surface area contributed by atoms with Crippen LogP contribution in [0.25, 0.3) is 0 Å². The fraction of sp³-hybridized carbons (Fsp3) is 0.176. The summed E-state index contributed by atoms with van der Waals surface area (Å²) in [5.74, 6) is -0.264. The molecule has 0 aliphatic carbocycles. The van der Waals surface area contributed by atoms with E-state index in [1.54, 1.807) is 4.90 Å². The second-order valence-corrected chi connectivity index (χ2v) is 5.35. The summed E-state index contributed by atoms with van der Waals surface area (Å²) in [4.78, 5) is 14.1. The Balaban J connectivity index is 2.02. The van der Waals surface area contributed by atoms with Crippen LogP contribution in [0.2, 0.25) is 0 Å². The molecule has 1 heterocycles. The number of carbonyl (C=O) groups excluding carboxylic acids is 1. The molecule has 1 aliphatic heterocycles. The Morgan fingerprint density at radius 3 is 2.57 bits per heavy atom. The number of benzene rings is 2. The molecular formula is C17H16N2O2. The van der Waals surface area contributed by atoms with Gasteiger partial charge < -0.3 is 10.1 Å². The molecule has 106 valence electrons. The summed E-state index contributed by atoms with van der Waals surface area (Å²) < 4.78 is 0. The Labute approximate surface area is 123 Å². The maximum absolute atomic E-state index is 12.4. The molecular weight excluding hydrogens is 264 g/mol. The topological polar surface area (TPSA) is 52.9 Å². The largest absolute Gasteiger partial charge is 0.410 e. The fourth-order valence-electron chi connectivity index (χ4n) is 2.67. The Bertz CT molecular complexity index is 750. The maximum atomic E-state index is 12.4. The first-order valence-corrected chi connectivity index (χ1v) is 6.80. The van der Waals surface area contributed by atoms with Gasteiger partial charge in [-0.25, -0.2) is 0 Å². The van der Waals surface area contributed by atoms with Crippen LogP contribution in [0.15, 0.2) is 47.6 Å². The van der Waals surface area contributed by atoms with E-state index in [-0.39, 0.29) is 11.6 Å². The molecule has 0 atom stereocenters. The number of amides is 1. The van der Waals surface area contributed by atoms with Crippen molar-refractivity contribution in [2.75, 3.05) is 4.90 Å². The number of carbonyl (C=O) groups is 1. The van der Waals surface area contributed by atoms with Crippen molar-refractivity contribution in [1.82, 2.24) is 0 Å². The van der Waals surface area contributed by atoms with Gasteiger partial charge in [0.15, 0.2) is 5.71 Å². The zero-order valence-corrected chi connectivity index (χ0v) is 12.0. The predicted octanol–water partition coefficient (Wildman–Crippen LogP) is 3.03. The third kappa shape index (κ3) is 2.29. The number of anilines is 1. The highest BCUT2D eigenvalue weighted by Crippen LogP contribution is 2.31. The maximum Gasteiger partial charge on any atom is 0.281 e. The number of hydrogen-bond acceptors (Lipinski definition) is 3. The van der Waals surface area contributed by atoms with E-state index >= 15 is 0 Å². The SMILES string of the molecule is Cc1cccc(CN2C(=O)/C(=N\O)c3cc(C)ccc32)c1. The molecule has 1 N–H and O–H groups in total. The first-order valence-electron chi connectivity index (χ1n) is 6.80. The normalized spacial score (nSPS) is 15.6. The van der Waals surface area contributed by atoms with Gasteiger partial charge in [-0.15, -0.1) is 0 Å². The minimum Gasteiger partial charge on any atom is -0.410 e. The summed E-state index contributed by atoms with van der Waals surface area (Å²) in [5.41, 5.74) is 4.82. The third-order valence-corrected chi connectivity index (χ3v) is 3.67. The number of rotatable bonds is 2. The minimum atomic E-state index is -0.264. The van der Waals surface area contributed by atoms with Gasteiger partial charge in [-0.05, 0) is 31.5 Å². The molecule has 4 heteroatoms. The van der Waals surface area contributed by atoms with Gasteiger partial charge in [0, 0.05) is 5.56 Å². The number of aryl methyl sites for hydroxylation is 2. The van der Waals surface area contributed by atoms with Gasteiger partial charge in [0.1, 0.15) is 0 Å². The number of hydrogen-bond donors (Lipinski definition) is 1. The molecule has 0 aromatic heterocycles. The van der Waals surface area contributed by atoms with Gasteiger partial charge in [-0.1, -0.05) is 46.6 Å². The van der Waals surface area contributed by atoms with Crippen molar-refractivity contribution >= 4 is 17.3 Å². The van der Waals surface area contributed by atoms with Gasteiger partial charge >= 0.3 is 0 Å². The summed E-state index contributed by atoms with van der Waals surface area (Å²) in [6.07, 6.45) is 0. The summed E-state index contributed by atoms with van der Waals surface area (Å²) in [6, 6.07) is 13.8. The van der Waals surface area contributed by atoms with Crippen LogP contribution in [0.4, 0.5) is 5.69 Å². The fourth-order valence-corrected chi connectivity index (χ4v) is 2.67. The van der Waals surface area contributed by atoms with Crippen LogP contribution in [-0.4, -0.2) is 16.8 Å². The molecule has 0 spiro atoms. The average Bonchev–Trinajstić information content (AvgIpc) is 2.70. The number of fused-ring (bicyclic) bond motifs is 1. The van der Waals surface area contributed by atoms with Crippen LogP contribution < -0.4 is 4.90 Å². The molecule has 0 saturated carbocycles. The predicted molar refractivity (Wildman–Crippen MR) is 81.9 cm³/mol. The second kappa shape index (κ2) is 5.05. The Kier molecular flexibility index (Phi) is 3.22. The van der Waals surface area contributed by atoms with Crippen molar-refractivity contribution in [3.63, 3.8) is 0 Å². The van der Waals surface area contributed by atoms with Crippen molar-refractivity contribution in [2.45, 2.75) is 20.4 Å². The Morgan fingerprint density at radius 2 is 1.86 bits per heavy atom. The lowest BCUT2D eigenvalue weighted by Crippen LogP contribution is -2.29. The lowest BCUT2D eigenvalue weighted by molar-refractivity contribution is -0.112. The van der Waals surface area contributed by atoms with E-state index in [4.69, 9.17) is 5.21 Å². The molecule has 1 amide bonds. The van der Waals surface area contributed by atoms with Gasteiger partial charge in [-0.2, -0.15) is 0 Å². The van der Waals surface area contributed by atoms with Crippen LogP contribution in [0.5, 0.6) is 0 Å². The first kappa shape index (κ1) is 13.4. The zero-order valence-electron chi connectivity index (χ0n) is 12.0. The molecule has 0 unspecified atom stereocenters. The Hall–Kier alpha value is -2.62. The molecule has 0 radical (unpaired) electrons. The molecule has 0 fully saturated rings. The molecule has 4 nitrogen and oxygen atoms in total. The molecule has 21 heavy (non-hydrogen) atoms. The molecule has 0 bridgehead atoms. The van der Waals surface area contributed by atoms with Gasteiger partial charge in [-0.3, -0.25) is 4.79 Å². The van der Waals surface area contributed by atoms with Crippen molar-refractivity contribution < 1.29 is 10.0 Å².